The Hall–Kier alpha value is -4.17. The number of rotatable bonds is 7. The maximum Gasteiger partial charge on any atom is 0.423 e. The minimum atomic E-state index is -4.86. The minimum Gasteiger partial charge on any atom is -0.495 e. The van der Waals surface area contributed by atoms with Crippen LogP contribution in [0.2, 0.25) is 5.02 Å². The van der Waals surface area contributed by atoms with Crippen molar-refractivity contribution in [3.8, 4) is 17.4 Å². The number of carbonyl (C=O) groups excluding carboxylic acids is 2. The van der Waals surface area contributed by atoms with Crippen LogP contribution in [-0.2, 0) is 12.7 Å². The largest absolute Gasteiger partial charge is 0.495 e. The molecule has 2 aliphatic rings. The van der Waals surface area contributed by atoms with Crippen molar-refractivity contribution in [2.45, 2.75) is 31.4 Å². The molecule has 5 rings (SSSR count). The topological polar surface area (TPSA) is 118 Å². The average molecular weight is 609 g/mol. The second kappa shape index (κ2) is 11.6. The van der Waals surface area contributed by atoms with Crippen molar-refractivity contribution >= 4 is 35.1 Å². The van der Waals surface area contributed by atoms with Gasteiger partial charge in [-0.25, -0.2) is 9.37 Å². The van der Waals surface area contributed by atoms with Gasteiger partial charge in [0, 0.05) is 25.8 Å². The van der Waals surface area contributed by atoms with Crippen LogP contribution in [0.15, 0.2) is 36.5 Å². The quantitative estimate of drug-likeness (QED) is 0.330. The standard InChI is InChI=1S/C27H25ClF4N6O4/c1-38-7-6-18(17(29)12-38)35-23(39)14-8-21(41-2)19(9-16(14)28)36-26-34-11-15(27(30,31)32)25(37-26)42-20-5-3-4-13-10-33-24(40)22(13)20/h3-5,8-9,11,17-18H,6-7,10,12H2,1-2H3,(H,33,40)(H,35,39)(H,34,36,37)/t17-,18?/m1/s1. The molecule has 0 saturated carbocycles. The van der Waals surface area contributed by atoms with Crippen LogP contribution < -0.4 is 25.4 Å². The molecule has 3 aromatic rings. The molecule has 2 aromatic carbocycles. The van der Waals surface area contributed by atoms with Crippen molar-refractivity contribution < 1.29 is 36.6 Å². The number of halogens is 5. The highest BCUT2D eigenvalue weighted by Gasteiger charge is 2.37. The maximum atomic E-state index is 14.4. The highest BCUT2D eigenvalue weighted by atomic mass is 35.5. The molecule has 1 unspecified atom stereocenters. The van der Waals surface area contributed by atoms with Gasteiger partial charge in [-0.15, -0.1) is 0 Å². The number of piperidine rings is 1. The molecule has 0 radical (unpaired) electrons. The van der Waals surface area contributed by atoms with E-state index < -0.39 is 41.6 Å². The number of anilines is 2. The van der Waals surface area contributed by atoms with E-state index in [1.165, 1.54) is 25.3 Å². The molecule has 42 heavy (non-hydrogen) atoms. The summed E-state index contributed by atoms with van der Waals surface area (Å²) in [6.45, 7) is 1.02. The molecule has 3 N–H and O–H groups in total. The van der Waals surface area contributed by atoms with E-state index in [2.05, 4.69) is 25.9 Å². The Morgan fingerprint density at radius 3 is 2.74 bits per heavy atom. The zero-order valence-corrected chi connectivity index (χ0v) is 23.1. The Morgan fingerprint density at radius 1 is 1.24 bits per heavy atom. The zero-order chi connectivity index (χ0) is 30.2. The molecule has 15 heteroatoms. The fraction of sp³-hybridized carbons (Fsp3) is 0.333. The molecule has 3 heterocycles. The zero-order valence-electron chi connectivity index (χ0n) is 22.3. The molecule has 2 amide bonds. The number of hydrogen-bond donors (Lipinski definition) is 3. The van der Waals surface area contributed by atoms with E-state index in [9.17, 15) is 27.2 Å². The van der Waals surface area contributed by atoms with Gasteiger partial charge in [-0.3, -0.25) is 9.59 Å². The van der Waals surface area contributed by atoms with E-state index in [0.717, 1.165) is 0 Å². The third kappa shape index (κ3) is 6.04. The molecule has 2 aliphatic heterocycles. The maximum absolute atomic E-state index is 14.4. The first-order chi connectivity index (χ1) is 19.9. The highest BCUT2D eigenvalue weighted by Crippen LogP contribution is 2.40. The van der Waals surface area contributed by atoms with Crippen LogP contribution in [0.4, 0.5) is 29.2 Å². The number of carbonyl (C=O) groups is 2. The first-order valence-electron chi connectivity index (χ1n) is 12.7. The summed E-state index contributed by atoms with van der Waals surface area (Å²) in [5, 5.41) is 7.96. The first-order valence-corrected chi connectivity index (χ1v) is 13.1. The number of nitrogens with zero attached hydrogens (tertiary/aromatic N) is 3. The lowest BCUT2D eigenvalue weighted by atomic mass is 10.0. The number of nitrogens with one attached hydrogen (secondary N) is 3. The van der Waals surface area contributed by atoms with Crippen molar-refractivity contribution in [2.24, 2.45) is 0 Å². The number of aromatic nitrogens is 2. The number of methoxy groups -OCH3 is 1. The second-order valence-electron chi connectivity index (χ2n) is 9.79. The van der Waals surface area contributed by atoms with Gasteiger partial charge >= 0.3 is 6.18 Å². The monoisotopic (exact) mass is 608 g/mol. The van der Waals surface area contributed by atoms with Crippen molar-refractivity contribution in [1.29, 1.82) is 0 Å². The molecule has 222 valence electrons. The van der Waals surface area contributed by atoms with E-state index in [0.29, 0.717) is 24.7 Å². The SMILES string of the molecule is COc1cc(C(=O)NC2CCN(C)C[C@H]2F)c(Cl)cc1Nc1ncc(C(F)(F)F)c(Oc2cccc3c2C(=O)NC3)n1. The number of alkyl halides is 4. The molecule has 1 saturated heterocycles. The molecular formula is C27H25ClF4N6O4. The number of ether oxygens (including phenoxy) is 2. The summed E-state index contributed by atoms with van der Waals surface area (Å²) in [5.74, 6) is -2.26. The number of likely N-dealkylation sites (tertiary alicyclic amines) is 1. The molecule has 1 aromatic heterocycles. The predicted molar refractivity (Wildman–Crippen MR) is 144 cm³/mol. The lowest BCUT2D eigenvalue weighted by molar-refractivity contribution is -0.139. The van der Waals surface area contributed by atoms with Crippen LogP contribution in [-0.4, -0.2) is 66.1 Å². The average Bonchev–Trinajstić information content (AvgIpc) is 3.31. The minimum absolute atomic E-state index is 0.0127. The van der Waals surface area contributed by atoms with Crippen LogP contribution in [0.1, 0.15) is 38.3 Å². The molecule has 0 spiro atoms. The summed E-state index contributed by atoms with van der Waals surface area (Å²) in [6.07, 6.45) is -5.16. The molecule has 0 bridgehead atoms. The summed E-state index contributed by atoms with van der Waals surface area (Å²) in [5.41, 5.74) is -0.437. The van der Waals surface area contributed by atoms with E-state index in [1.807, 2.05) is 4.90 Å². The summed E-state index contributed by atoms with van der Waals surface area (Å²) < 4.78 is 66.7. The third-order valence-corrected chi connectivity index (χ3v) is 7.20. The molecule has 0 aliphatic carbocycles. The predicted octanol–water partition coefficient (Wildman–Crippen LogP) is 4.71. The van der Waals surface area contributed by atoms with Gasteiger partial charge in [0.15, 0.2) is 0 Å². The lowest BCUT2D eigenvalue weighted by Crippen LogP contribution is -2.51. The summed E-state index contributed by atoms with van der Waals surface area (Å²) >= 11 is 6.38. The normalized spacial score (nSPS) is 18.7. The molecular weight excluding hydrogens is 584 g/mol. The van der Waals surface area contributed by atoms with Gasteiger partial charge in [0.25, 0.3) is 11.8 Å². The fourth-order valence-electron chi connectivity index (χ4n) is 4.71. The van der Waals surface area contributed by atoms with Crippen LogP contribution >= 0.6 is 11.6 Å². The summed E-state index contributed by atoms with van der Waals surface area (Å²) in [7, 11) is 3.10. The Bertz CT molecular complexity index is 1540. The van der Waals surface area contributed by atoms with Gasteiger partial charge < -0.3 is 30.3 Å². The van der Waals surface area contributed by atoms with E-state index >= 15 is 0 Å². The van der Waals surface area contributed by atoms with Crippen LogP contribution in [0, 0.1) is 0 Å². The molecule has 10 nitrogen and oxygen atoms in total. The van der Waals surface area contributed by atoms with Gasteiger partial charge in [-0.2, -0.15) is 18.2 Å². The Balaban J connectivity index is 1.42. The van der Waals surface area contributed by atoms with E-state index in [1.54, 1.807) is 19.2 Å². The molecule has 1 fully saturated rings. The van der Waals surface area contributed by atoms with Gasteiger partial charge in [0.05, 0.1) is 35.0 Å². The third-order valence-electron chi connectivity index (χ3n) is 6.89. The summed E-state index contributed by atoms with van der Waals surface area (Å²) in [4.78, 5) is 34.7. The smallest absolute Gasteiger partial charge is 0.423 e. The number of hydrogen-bond acceptors (Lipinski definition) is 8. The van der Waals surface area contributed by atoms with E-state index in [4.69, 9.17) is 21.1 Å². The van der Waals surface area contributed by atoms with Crippen molar-refractivity contribution in [1.82, 2.24) is 25.5 Å². The van der Waals surface area contributed by atoms with Gasteiger partial charge in [-0.1, -0.05) is 23.7 Å². The Kier molecular flexibility index (Phi) is 8.10. The lowest BCUT2D eigenvalue weighted by Gasteiger charge is -2.32. The number of fused-ring (bicyclic) bond motifs is 1. The number of benzene rings is 2. The highest BCUT2D eigenvalue weighted by molar-refractivity contribution is 6.34. The van der Waals surface area contributed by atoms with Crippen molar-refractivity contribution in [2.75, 3.05) is 32.6 Å². The first kappa shape index (κ1) is 29.3. The summed E-state index contributed by atoms with van der Waals surface area (Å²) in [6, 6.07) is 6.50. The molecule has 2 atom stereocenters. The van der Waals surface area contributed by atoms with Crippen LogP contribution in [0.25, 0.3) is 0 Å². The van der Waals surface area contributed by atoms with Gasteiger partial charge in [0.1, 0.15) is 23.2 Å². The van der Waals surface area contributed by atoms with Crippen LogP contribution in [0.5, 0.6) is 17.4 Å². The Morgan fingerprint density at radius 2 is 2.02 bits per heavy atom. The van der Waals surface area contributed by atoms with Crippen LogP contribution in [0.3, 0.4) is 0 Å². The van der Waals surface area contributed by atoms with E-state index in [-0.39, 0.29) is 52.4 Å². The van der Waals surface area contributed by atoms with Gasteiger partial charge in [0.2, 0.25) is 11.8 Å². The second-order valence-corrected chi connectivity index (χ2v) is 10.2. The number of amides is 2. The fourth-order valence-corrected chi connectivity index (χ4v) is 4.96. The van der Waals surface area contributed by atoms with Crippen molar-refractivity contribution in [3.63, 3.8) is 0 Å². The Labute approximate surface area is 242 Å². The van der Waals surface area contributed by atoms with Gasteiger partial charge in [-0.05, 0) is 37.2 Å². The van der Waals surface area contributed by atoms with Crippen molar-refractivity contribution in [3.05, 3.63) is 63.8 Å².